The van der Waals surface area contributed by atoms with Gasteiger partial charge in [-0.1, -0.05) is 12.1 Å². The van der Waals surface area contributed by atoms with E-state index in [4.69, 9.17) is 0 Å². The van der Waals surface area contributed by atoms with E-state index in [0.717, 1.165) is 17.1 Å². The molecule has 0 fully saturated rings. The van der Waals surface area contributed by atoms with Gasteiger partial charge < -0.3 is 4.57 Å². The molecule has 3 rings (SSSR count). The van der Waals surface area contributed by atoms with Crippen molar-refractivity contribution in [1.82, 2.24) is 9.55 Å². The van der Waals surface area contributed by atoms with Crippen molar-refractivity contribution < 1.29 is 13.6 Å². The molecule has 0 amide bonds. The molecule has 1 aromatic heterocycles. The zero-order valence-corrected chi connectivity index (χ0v) is 11.3. The second-order valence-electron chi connectivity index (χ2n) is 4.80. The van der Waals surface area contributed by atoms with E-state index in [0.29, 0.717) is 6.07 Å². The number of carbonyl (C=O) groups excluding carboxylic acids is 1. The van der Waals surface area contributed by atoms with Crippen LogP contribution in [0.15, 0.2) is 48.8 Å². The Morgan fingerprint density at radius 1 is 1.19 bits per heavy atom. The van der Waals surface area contributed by atoms with Crippen LogP contribution in [0.5, 0.6) is 0 Å². The molecule has 1 heterocycles. The highest BCUT2D eigenvalue weighted by Crippen LogP contribution is 2.22. The Morgan fingerprint density at radius 2 is 1.95 bits per heavy atom. The molecule has 0 bridgehead atoms. The van der Waals surface area contributed by atoms with Crippen LogP contribution in [0, 0.1) is 11.6 Å². The number of carbonyl (C=O) groups is 1. The highest BCUT2D eigenvalue weighted by molar-refractivity contribution is 5.99. The minimum Gasteiger partial charge on any atom is -0.320 e. The maximum atomic E-state index is 13.7. The number of rotatable bonds is 3. The minimum atomic E-state index is -0.851. The van der Waals surface area contributed by atoms with Gasteiger partial charge in [-0.2, -0.15) is 0 Å². The predicted molar refractivity (Wildman–Crippen MR) is 75.1 cm³/mol. The second kappa shape index (κ2) is 5.09. The fourth-order valence-corrected chi connectivity index (χ4v) is 2.33. The Labute approximate surface area is 119 Å². The van der Waals surface area contributed by atoms with E-state index < -0.39 is 23.5 Å². The molecule has 0 N–H and O–H groups in total. The Kier molecular flexibility index (Phi) is 3.25. The average molecular weight is 286 g/mol. The first kappa shape index (κ1) is 13.4. The molecular formula is C16H12F2N2O. The van der Waals surface area contributed by atoms with Gasteiger partial charge in [-0.05, 0) is 31.2 Å². The van der Waals surface area contributed by atoms with Crippen molar-refractivity contribution in [3.63, 3.8) is 0 Å². The zero-order chi connectivity index (χ0) is 15.0. The number of imidazole rings is 1. The summed E-state index contributed by atoms with van der Waals surface area (Å²) in [6.45, 7) is 1.67. The molecule has 106 valence electrons. The van der Waals surface area contributed by atoms with Gasteiger partial charge in [-0.15, -0.1) is 0 Å². The first-order chi connectivity index (χ1) is 10.1. The van der Waals surface area contributed by atoms with Crippen molar-refractivity contribution in [2.75, 3.05) is 0 Å². The van der Waals surface area contributed by atoms with Crippen molar-refractivity contribution in [3.8, 4) is 0 Å². The van der Waals surface area contributed by atoms with Gasteiger partial charge in [0.15, 0.2) is 5.78 Å². The van der Waals surface area contributed by atoms with Crippen molar-refractivity contribution >= 4 is 16.8 Å². The summed E-state index contributed by atoms with van der Waals surface area (Å²) >= 11 is 0. The molecule has 1 atom stereocenters. The number of halogens is 2. The first-order valence-electron chi connectivity index (χ1n) is 6.49. The van der Waals surface area contributed by atoms with Crippen LogP contribution in [0.25, 0.3) is 11.0 Å². The lowest BCUT2D eigenvalue weighted by atomic mass is 10.0. The summed E-state index contributed by atoms with van der Waals surface area (Å²) in [5.74, 6) is -1.98. The Morgan fingerprint density at radius 3 is 2.71 bits per heavy atom. The highest BCUT2D eigenvalue weighted by Gasteiger charge is 2.21. The standard InChI is InChI=1S/C16H12F2N2O/c1-10(16(21)12-7-6-11(17)8-13(12)18)20-9-19-14-4-2-3-5-15(14)20/h2-10H,1H3. The van der Waals surface area contributed by atoms with Crippen LogP contribution in [0.1, 0.15) is 23.3 Å². The zero-order valence-electron chi connectivity index (χ0n) is 11.3. The predicted octanol–water partition coefficient (Wildman–Crippen LogP) is 3.76. The maximum absolute atomic E-state index is 13.7. The number of fused-ring (bicyclic) bond motifs is 1. The molecule has 0 aliphatic carbocycles. The van der Waals surface area contributed by atoms with Crippen molar-refractivity contribution in [1.29, 1.82) is 0 Å². The Hall–Kier alpha value is -2.56. The average Bonchev–Trinajstić information content (AvgIpc) is 2.90. The smallest absolute Gasteiger partial charge is 0.188 e. The van der Waals surface area contributed by atoms with Gasteiger partial charge in [0.25, 0.3) is 0 Å². The third kappa shape index (κ3) is 2.31. The van der Waals surface area contributed by atoms with Gasteiger partial charge in [0.1, 0.15) is 11.6 Å². The molecule has 3 nitrogen and oxygen atoms in total. The summed E-state index contributed by atoms with van der Waals surface area (Å²) in [4.78, 5) is 16.6. The van der Waals surface area contributed by atoms with Crippen LogP contribution < -0.4 is 0 Å². The van der Waals surface area contributed by atoms with E-state index in [1.54, 1.807) is 17.8 Å². The maximum Gasteiger partial charge on any atom is 0.188 e. The third-order valence-electron chi connectivity index (χ3n) is 3.47. The quantitative estimate of drug-likeness (QED) is 0.687. The summed E-state index contributed by atoms with van der Waals surface area (Å²) in [6, 6.07) is 9.71. The van der Waals surface area contributed by atoms with Gasteiger partial charge in [0.2, 0.25) is 0 Å². The largest absolute Gasteiger partial charge is 0.320 e. The summed E-state index contributed by atoms with van der Waals surface area (Å²) in [5, 5.41) is 0. The van der Waals surface area contributed by atoms with Gasteiger partial charge in [0, 0.05) is 6.07 Å². The fourth-order valence-electron chi connectivity index (χ4n) is 2.33. The van der Waals surface area contributed by atoms with Crippen LogP contribution >= 0.6 is 0 Å². The summed E-state index contributed by atoms with van der Waals surface area (Å²) in [6.07, 6.45) is 1.55. The molecule has 21 heavy (non-hydrogen) atoms. The normalized spacial score (nSPS) is 12.5. The number of aromatic nitrogens is 2. The Bertz CT molecular complexity index is 826. The number of hydrogen-bond donors (Lipinski definition) is 0. The van der Waals surface area contributed by atoms with Crippen molar-refractivity contribution in [2.45, 2.75) is 13.0 Å². The van der Waals surface area contributed by atoms with E-state index >= 15 is 0 Å². The molecule has 0 saturated carbocycles. The van der Waals surface area contributed by atoms with Crippen LogP contribution in [-0.4, -0.2) is 15.3 Å². The lowest BCUT2D eigenvalue weighted by Crippen LogP contribution is -2.17. The lowest BCUT2D eigenvalue weighted by Gasteiger charge is -2.14. The Balaban J connectivity index is 2.01. The second-order valence-corrected chi connectivity index (χ2v) is 4.80. The van der Waals surface area contributed by atoms with Crippen LogP contribution in [0.2, 0.25) is 0 Å². The van der Waals surface area contributed by atoms with E-state index in [2.05, 4.69) is 4.98 Å². The topological polar surface area (TPSA) is 34.9 Å². The molecule has 0 aliphatic rings. The van der Waals surface area contributed by atoms with Crippen LogP contribution in [-0.2, 0) is 0 Å². The molecular weight excluding hydrogens is 274 g/mol. The van der Waals surface area contributed by atoms with Crippen LogP contribution in [0.3, 0.4) is 0 Å². The van der Waals surface area contributed by atoms with Gasteiger partial charge in [0.05, 0.1) is 29.0 Å². The molecule has 2 aromatic carbocycles. The molecule has 0 aliphatic heterocycles. The number of Topliss-reactive ketones (excluding diaryl/α,β-unsaturated/α-hetero) is 1. The monoisotopic (exact) mass is 286 g/mol. The van der Waals surface area contributed by atoms with Gasteiger partial charge in [-0.3, -0.25) is 4.79 Å². The molecule has 1 unspecified atom stereocenters. The molecule has 3 aromatic rings. The molecule has 0 saturated heterocycles. The van der Waals surface area contributed by atoms with Gasteiger partial charge >= 0.3 is 0 Å². The van der Waals surface area contributed by atoms with Crippen molar-refractivity contribution in [3.05, 3.63) is 66.0 Å². The first-order valence-corrected chi connectivity index (χ1v) is 6.49. The number of benzene rings is 2. The summed E-state index contributed by atoms with van der Waals surface area (Å²) < 4.78 is 28.3. The third-order valence-corrected chi connectivity index (χ3v) is 3.47. The number of para-hydroxylation sites is 2. The van der Waals surface area contributed by atoms with E-state index in [9.17, 15) is 13.6 Å². The molecule has 0 spiro atoms. The van der Waals surface area contributed by atoms with E-state index in [-0.39, 0.29) is 5.56 Å². The number of hydrogen-bond acceptors (Lipinski definition) is 2. The SMILES string of the molecule is CC(C(=O)c1ccc(F)cc1F)n1cnc2ccccc21. The fraction of sp³-hybridized carbons (Fsp3) is 0.125. The molecule has 0 radical (unpaired) electrons. The van der Waals surface area contributed by atoms with E-state index in [1.165, 1.54) is 6.07 Å². The van der Waals surface area contributed by atoms with Crippen molar-refractivity contribution in [2.24, 2.45) is 0 Å². The van der Waals surface area contributed by atoms with Crippen LogP contribution in [0.4, 0.5) is 8.78 Å². The number of nitrogens with zero attached hydrogens (tertiary/aromatic N) is 2. The summed E-state index contributed by atoms with van der Waals surface area (Å²) in [5.41, 5.74) is 1.43. The lowest BCUT2D eigenvalue weighted by molar-refractivity contribution is 0.0932. The summed E-state index contributed by atoms with van der Waals surface area (Å²) in [7, 11) is 0. The highest BCUT2D eigenvalue weighted by atomic mass is 19.1. The number of ketones is 1. The van der Waals surface area contributed by atoms with E-state index in [1.807, 2.05) is 24.3 Å². The molecule has 5 heteroatoms. The van der Waals surface area contributed by atoms with Gasteiger partial charge in [-0.25, -0.2) is 13.8 Å². The minimum absolute atomic E-state index is 0.123.